The number of anilines is 1. The average Bonchev–Trinajstić information content (AvgIpc) is 3.45. The molecule has 0 aliphatic carbocycles. The molecule has 5 heteroatoms. The molecular weight excluding hydrogens is 434 g/mol. The molecular formula is C30H33N3O2. The summed E-state index contributed by atoms with van der Waals surface area (Å²) in [6.07, 6.45) is 1.59. The third kappa shape index (κ3) is 4.81. The van der Waals surface area contributed by atoms with E-state index in [2.05, 4.69) is 67.8 Å². The van der Waals surface area contributed by atoms with Crippen molar-refractivity contribution < 1.29 is 9.53 Å². The maximum absolute atomic E-state index is 12.9. The number of rotatable bonds is 8. The molecule has 3 aromatic carbocycles. The van der Waals surface area contributed by atoms with Gasteiger partial charge in [0.1, 0.15) is 18.2 Å². The Labute approximate surface area is 207 Å². The molecule has 1 amide bonds. The molecule has 1 aliphatic heterocycles. The van der Waals surface area contributed by atoms with E-state index in [1.54, 1.807) is 0 Å². The lowest BCUT2D eigenvalue weighted by Gasteiger charge is -2.18. The van der Waals surface area contributed by atoms with Gasteiger partial charge in [0.25, 0.3) is 0 Å². The van der Waals surface area contributed by atoms with E-state index in [0.717, 1.165) is 34.7 Å². The number of carbonyl (C=O) groups excluding carboxylic acids is 1. The SMILES string of the molecule is CCC(C)c1ccc(OCCn2c(C3CC(=O)N(c4ccc(C)cc4)C3)nc3ccccc32)cc1. The van der Waals surface area contributed by atoms with Gasteiger partial charge in [-0.2, -0.15) is 0 Å². The molecule has 180 valence electrons. The van der Waals surface area contributed by atoms with Gasteiger partial charge in [-0.25, -0.2) is 4.98 Å². The Bertz CT molecular complexity index is 1310. The van der Waals surface area contributed by atoms with Crippen LogP contribution in [0.4, 0.5) is 5.69 Å². The van der Waals surface area contributed by atoms with Gasteiger partial charge >= 0.3 is 0 Å². The fourth-order valence-corrected chi connectivity index (χ4v) is 4.88. The highest BCUT2D eigenvalue weighted by molar-refractivity contribution is 5.96. The number of nitrogens with zero attached hydrogens (tertiary/aromatic N) is 3. The molecule has 2 atom stereocenters. The molecule has 1 aromatic heterocycles. The molecule has 5 nitrogen and oxygen atoms in total. The molecule has 2 unspecified atom stereocenters. The molecule has 5 rings (SSSR count). The summed E-state index contributed by atoms with van der Waals surface area (Å²) < 4.78 is 8.35. The molecule has 0 radical (unpaired) electrons. The largest absolute Gasteiger partial charge is 0.492 e. The van der Waals surface area contributed by atoms with Crippen LogP contribution in [0.25, 0.3) is 11.0 Å². The number of aryl methyl sites for hydroxylation is 1. The van der Waals surface area contributed by atoms with Crippen LogP contribution in [0.3, 0.4) is 0 Å². The predicted octanol–water partition coefficient (Wildman–Crippen LogP) is 6.46. The number of fused-ring (bicyclic) bond motifs is 1. The van der Waals surface area contributed by atoms with Crippen LogP contribution in [-0.4, -0.2) is 28.6 Å². The molecule has 1 saturated heterocycles. The van der Waals surface area contributed by atoms with Crippen molar-refractivity contribution in [1.82, 2.24) is 9.55 Å². The number of carbonyl (C=O) groups is 1. The van der Waals surface area contributed by atoms with Crippen LogP contribution < -0.4 is 9.64 Å². The van der Waals surface area contributed by atoms with Crippen molar-refractivity contribution in [3.05, 3.63) is 89.7 Å². The van der Waals surface area contributed by atoms with Gasteiger partial charge in [0.05, 0.1) is 17.6 Å². The van der Waals surface area contributed by atoms with Gasteiger partial charge in [-0.3, -0.25) is 4.79 Å². The standard InChI is InChI=1S/C30H33N3O2/c1-4-22(3)23-11-15-26(16-12-23)35-18-17-32-28-8-6-5-7-27(28)31-30(32)24-19-29(34)33(20-24)25-13-9-21(2)10-14-25/h5-16,22,24H,4,17-20H2,1-3H3. The Morgan fingerprint density at radius 2 is 1.77 bits per heavy atom. The van der Waals surface area contributed by atoms with Crippen LogP contribution in [0.5, 0.6) is 5.75 Å². The maximum atomic E-state index is 12.9. The Morgan fingerprint density at radius 1 is 1.03 bits per heavy atom. The van der Waals surface area contributed by atoms with Crippen LogP contribution in [0.1, 0.15) is 55.5 Å². The molecule has 0 saturated carbocycles. The highest BCUT2D eigenvalue weighted by Crippen LogP contribution is 2.33. The lowest BCUT2D eigenvalue weighted by molar-refractivity contribution is -0.117. The van der Waals surface area contributed by atoms with Gasteiger partial charge < -0.3 is 14.2 Å². The first-order valence-corrected chi connectivity index (χ1v) is 12.6. The summed E-state index contributed by atoms with van der Waals surface area (Å²) in [6.45, 7) is 8.37. The van der Waals surface area contributed by atoms with Gasteiger partial charge in [-0.15, -0.1) is 0 Å². The molecule has 0 N–H and O–H groups in total. The summed E-state index contributed by atoms with van der Waals surface area (Å²) in [7, 11) is 0. The van der Waals surface area contributed by atoms with Crippen molar-refractivity contribution in [2.75, 3.05) is 18.1 Å². The van der Waals surface area contributed by atoms with Crippen molar-refractivity contribution >= 4 is 22.6 Å². The molecule has 1 fully saturated rings. The van der Waals surface area contributed by atoms with Crippen molar-refractivity contribution in [3.63, 3.8) is 0 Å². The number of para-hydroxylation sites is 2. The second-order valence-corrected chi connectivity index (χ2v) is 9.58. The Kier molecular flexibility index (Phi) is 6.58. The minimum atomic E-state index is 0.0472. The number of ether oxygens (including phenoxy) is 1. The van der Waals surface area contributed by atoms with Gasteiger partial charge in [-0.1, -0.05) is 55.8 Å². The normalized spacial score (nSPS) is 16.7. The number of imidazole rings is 1. The highest BCUT2D eigenvalue weighted by Gasteiger charge is 2.34. The van der Waals surface area contributed by atoms with E-state index < -0.39 is 0 Å². The van der Waals surface area contributed by atoms with Crippen LogP contribution in [0.15, 0.2) is 72.8 Å². The lowest BCUT2D eigenvalue weighted by atomic mass is 9.99. The predicted molar refractivity (Wildman–Crippen MR) is 141 cm³/mol. The minimum Gasteiger partial charge on any atom is -0.492 e. The molecule has 0 spiro atoms. The van der Waals surface area contributed by atoms with Crippen molar-refractivity contribution in [2.45, 2.75) is 52.0 Å². The maximum Gasteiger partial charge on any atom is 0.227 e. The Morgan fingerprint density at radius 3 is 2.51 bits per heavy atom. The van der Waals surface area contributed by atoms with Crippen LogP contribution in [0, 0.1) is 6.92 Å². The number of hydrogen-bond donors (Lipinski definition) is 0. The third-order valence-corrected chi connectivity index (χ3v) is 7.17. The highest BCUT2D eigenvalue weighted by atomic mass is 16.5. The lowest BCUT2D eigenvalue weighted by Crippen LogP contribution is -2.24. The van der Waals surface area contributed by atoms with Crippen LogP contribution in [0.2, 0.25) is 0 Å². The zero-order valence-corrected chi connectivity index (χ0v) is 20.8. The Hall–Kier alpha value is -3.60. The molecule has 35 heavy (non-hydrogen) atoms. The summed E-state index contributed by atoms with van der Waals surface area (Å²) in [5.41, 5.74) is 5.52. The first-order chi connectivity index (χ1) is 17.0. The zero-order chi connectivity index (χ0) is 24.4. The summed E-state index contributed by atoms with van der Waals surface area (Å²) in [5, 5.41) is 0. The number of aromatic nitrogens is 2. The van der Waals surface area contributed by atoms with Crippen molar-refractivity contribution in [1.29, 1.82) is 0 Å². The van der Waals surface area contributed by atoms with Crippen molar-refractivity contribution in [3.8, 4) is 5.75 Å². The summed E-state index contributed by atoms with van der Waals surface area (Å²) in [5.74, 6) is 2.59. The fourth-order valence-electron chi connectivity index (χ4n) is 4.88. The molecule has 0 bridgehead atoms. The van der Waals surface area contributed by atoms with E-state index in [-0.39, 0.29) is 11.8 Å². The van der Waals surface area contributed by atoms with Gasteiger partial charge in [-0.05, 0) is 61.2 Å². The summed E-state index contributed by atoms with van der Waals surface area (Å²) >= 11 is 0. The third-order valence-electron chi connectivity index (χ3n) is 7.17. The van der Waals surface area contributed by atoms with Gasteiger partial charge in [0.2, 0.25) is 5.91 Å². The average molecular weight is 468 g/mol. The van der Waals surface area contributed by atoms with E-state index in [1.165, 1.54) is 11.1 Å². The van der Waals surface area contributed by atoms with Gasteiger partial charge in [0.15, 0.2) is 0 Å². The van der Waals surface area contributed by atoms with Crippen LogP contribution >= 0.6 is 0 Å². The molecule has 4 aromatic rings. The molecule has 1 aliphatic rings. The second kappa shape index (κ2) is 9.95. The van der Waals surface area contributed by atoms with E-state index >= 15 is 0 Å². The second-order valence-electron chi connectivity index (χ2n) is 9.58. The number of benzene rings is 3. The summed E-state index contributed by atoms with van der Waals surface area (Å²) in [6, 6.07) is 24.8. The topological polar surface area (TPSA) is 47.4 Å². The Balaban J connectivity index is 1.34. The molecule has 2 heterocycles. The van der Waals surface area contributed by atoms with Crippen LogP contribution in [-0.2, 0) is 11.3 Å². The van der Waals surface area contributed by atoms with Gasteiger partial charge in [0, 0.05) is 24.6 Å². The van der Waals surface area contributed by atoms with E-state index in [0.29, 0.717) is 32.0 Å². The zero-order valence-electron chi connectivity index (χ0n) is 20.8. The first kappa shape index (κ1) is 23.2. The first-order valence-electron chi connectivity index (χ1n) is 12.6. The van der Waals surface area contributed by atoms with E-state index in [1.807, 2.05) is 35.2 Å². The minimum absolute atomic E-state index is 0.0472. The monoisotopic (exact) mass is 467 g/mol. The van der Waals surface area contributed by atoms with Crippen molar-refractivity contribution in [2.24, 2.45) is 0 Å². The quantitative estimate of drug-likeness (QED) is 0.299. The smallest absolute Gasteiger partial charge is 0.227 e. The van der Waals surface area contributed by atoms with E-state index in [9.17, 15) is 4.79 Å². The fraction of sp³-hybridized carbons (Fsp3) is 0.333. The summed E-state index contributed by atoms with van der Waals surface area (Å²) in [4.78, 5) is 19.8. The number of amides is 1. The number of hydrogen-bond acceptors (Lipinski definition) is 3. The van der Waals surface area contributed by atoms with E-state index in [4.69, 9.17) is 9.72 Å².